The van der Waals surface area contributed by atoms with Crippen LogP contribution in [0.15, 0.2) is 41.3 Å². The van der Waals surface area contributed by atoms with Crippen LogP contribution in [0.4, 0.5) is 5.69 Å². The number of hydrogen-bond acceptors (Lipinski definition) is 4. The van der Waals surface area contributed by atoms with Gasteiger partial charge in [-0.15, -0.1) is 0 Å². The number of benzene rings is 2. The molecule has 156 valence electrons. The number of methoxy groups -OCH3 is 1. The fourth-order valence-corrected chi connectivity index (χ4v) is 5.54. The van der Waals surface area contributed by atoms with Crippen LogP contribution in [-0.2, 0) is 14.8 Å². The van der Waals surface area contributed by atoms with Crippen molar-refractivity contribution in [2.75, 3.05) is 25.5 Å². The van der Waals surface area contributed by atoms with Crippen molar-refractivity contribution in [3.8, 4) is 5.75 Å². The molecule has 0 bridgehead atoms. The number of halogens is 3. The van der Waals surface area contributed by atoms with Gasteiger partial charge in [-0.05, 0) is 43.2 Å². The largest absolute Gasteiger partial charge is 0.495 e. The van der Waals surface area contributed by atoms with Crippen LogP contribution in [-0.4, -0.2) is 38.8 Å². The van der Waals surface area contributed by atoms with E-state index in [1.54, 1.807) is 18.2 Å². The monoisotopic (exact) mass is 476 g/mol. The predicted octanol–water partition coefficient (Wildman–Crippen LogP) is 4.69. The summed E-state index contributed by atoms with van der Waals surface area (Å²) in [7, 11) is -2.35. The third kappa shape index (κ3) is 4.81. The Hall–Kier alpha value is -1.51. The number of amides is 1. The van der Waals surface area contributed by atoms with Gasteiger partial charge >= 0.3 is 0 Å². The van der Waals surface area contributed by atoms with Gasteiger partial charge in [0.2, 0.25) is 15.9 Å². The molecule has 1 atom stereocenters. The van der Waals surface area contributed by atoms with Gasteiger partial charge in [-0.2, -0.15) is 4.31 Å². The highest BCUT2D eigenvalue weighted by atomic mass is 35.5. The third-order valence-electron chi connectivity index (χ3n) is 4.73. The van der Waals surface area contributed by atoms with E-state index in [1.807, 2.05) is 0 Å². The Morgan fingerprint density at radius 1 is 1.14 bits per heavy atom. The standard InChI is InChI=1S/C19H19Cl3N2O4S/c1-28-17-8-7-13(10-16(17)22)29(26,27)24-9-3-4-12(11-24)19(25)23-18-14(20)5-2-6-15(18)21/h2,5-8,10,12H,3-4,9,11H2,1H3,(H,23,25). The SMILES string of the molecule is COc1ccc(S(=O)(=O)N2CCCC(C(=O)Nc3c(Cl)cccc3Cl)C2)cc1Cl. The molecule has 1 heterocycles. The topological polar surface area (TPSA) is 75.7 Å². The van der Waals surface area contributed by atoms with Crippen molar-refractivity contribution in [3.63, 3.8) is 0 Å². The molecular formula is C19H19Cl3N2O4S. The Morgan fingerprint density at radius 2 is 1.83 bits per heavy atom. The lowest BCUT2D eigenvalue weighted by Crippen LogP contribution is -2.43. The fraction of sp³-hybridized carbons (Fsp3) is 0.316. The Balaban J connectivity index is 1.77. The van der Waals surface area contributed by atoms with Crippen molar-refractivity contribution in [3.05, 3.63) is 51.5 Å². The van der Waals surface area contributed by atoms with Crippen LogP contribution >= 0.6 is 34.8 Å². The smallest absolute Gasteiger partial charge is 0.243 e. The minimum Gasteiger partial charge on any atom is -0.495 e. The van der Waals surface area contributed by atoms with Crippen molar-refractivity contribution in [2.24, 2.45) is 5.92 Å². The lowest BCUT2D eigenvalue weighted by molar-refractivity contribution is -0.120. The first kappa shape index (κ1) is 22.2. The van der Waals surface area contributed by atoms with Crippen molar-refractivity contribution >= 4 is 56.4 Å². The molecule has 1 amide bonds. The number of piperidine rings is 1. The molecule has 10 heteroatoms. The molecule has 6 nitrogen and oxygen atoms in total. The van der Waals surface area contributed by atoms with Gasteiger partial charge in [0.25, 0.3) is 0 Å². The molecule has 0 spiro atoms. The molecule has 1 saturated heterocycles. The second kappa shape index (κ2) is 9.10. The summed E-state index contributed by atoms with van der Waals surface area (Å²) >= 11 is 18.3. The Bertz CT molecular complexity index is 1010. The molecule has 2 aromatic rings. The van der Waals surface area contributed by atoms with Crippen molar-refractivity contribution < 1.29 is 17.9 Å². The van der Waals surface area contributed by atoms with E-state index in [0.29, 0.717) is 40.9 Å². The molecule has 29 heavy (non-hydrogen) atoms. The number of rotatable bonds is 5. The van der Waals surface area contributed by atoms with Gasteiger partial charge in [-0.3, -0.25) is 4.79 Å². The van der Waals surface area contributed by atoms with Crippen LogP contribution in [0.5, 0.6) is 5.75 Å². The average Bonchev–Trinajstić information content (AvgIpc) is 2.70. The summed E-state index contributed by atoms with van der Waals surface area (Å²) in [5.74, 6) is -0.467. The maximum absolute atomic E-state index is 13.0. The first-order valence-corrected chi connectivity index (χ1v) is 11.4. The number of sulfonamides is 1. The minimum atomic E-state index is -3.80. The van der Waals surface area contributed by atoms with Crippen LogP contribution in [0.2, 0.25) is 15.1 Å². The number of para-hydroxylation sites is 1. The van der Waals surface area contributed by atoms with Crippen LogP contribution in [0.25, 0.3) is 0 Å². The fourth-order valence-electron chi connectivity index (χ4n) is 3.17. The highest BCUT2D eigenvalue weighted by molar-refractivity contribution is 7.89. The highest BCUT2D eigenvalue weighted by Crippen LogP contribution is 2.32. The van der Waals surface area contributed by atoms with Gasteiger partial charge < -0.3 is 10.1 Å². The van der Waals surface area contributed by atoms with Crippen molar-refractivity contribution in [1.29, 1.82) is 0 Å². The summed E-state index contributed by atoms with van der Waals surface area (Å²) in [6, 6.07) is 9.20. The van der Waals surface area contributed by atoms with Gasteiger partial charge in [0.1, 0.15) is 5.75 Å². The highest BCUT2D eigenvalue weighted by Gasteiger charge is 2.34. The van der Waals surface area contributed by atoms with E-state index < -0.39 is 15.9 Å². The van der Waals surface area contributed by atoms with Crippen LogP contribution in [0, 0.1) is 5.92 Å². The molecule has 1 aliphatic rings. The zero-order chi connectivity index (χ0) is 21.2. The van der Waals surface area contributed by atoms with Gasteiger partial charge in [-0.25, -0.2) is 8.42 Å². The number of nitrogens with zero attached hydrogens (tertiary/aromatic N) is 1. The molecule has 0 radical (unpaired) electrons. The second-order valence-corrected chi connectivity index (χ2v) is 9.74. The molecule has 3 rings (SSSR count). The molecule has 0 aliphatic carbocycles. The summed E-state index contributed by atoms with van der Waals surface area (Å²) in [6.45, 7) is 0.377. The number of carbonyl (C=O) groups excluding carboxylic acids is 1. The molecule has 1 fully saturated rings. The number of carbonyl (C=O) groups is 1. The second-order valence-electron chi connectivity index (χ2n) is 6.58. The zero-order valence-corrected chi connectivity index (χ0v) is 18.6. The maximum Gasteiger partial charge on any atom is 0.243 e. The lowest BCUT2D eigenvalue weighted by atomic mass is 9.98. The van der Waals surface area contributed by atoms with E-state index >= 15 is 0 Å². The summed E-state index contributed by atoms with van der Waals surface area (Å²) in [5.41, 5.74) is 0.322. The first-order chi connectivity index (χ1) is 13.7. The van der Waals surface area contributed by atoms with E-state index in [0.717, 1.165) is 0 Å². The number of hydrogen-bond donors (Lipinski definition) is 1. The third-order valence-corrected chi connectivity index (χ3v) is 7.51. The number of ether oxygens (including phenoxy) is 1. The first-order valence-electron chi connectivity index (χ1n) is 8.82. The van der Waals surface area contributed by atoms with E-state index in [9.17, 15) is 13.2 Å². The van der Waals surface area contributed by atoms with Gasteiger partial charge in [0.05, 0.1) is 38.7 Å². The minimum absolute atomic E-state index is 0.0542. The number of anilines is 1. The van der Waals surface area contributed by atoms with E-state index in [2.05, 4.69) is 5.32 Å². The van der Waals surface area contributed by atoms with E-state index in [4.69, 9.17) is 39.5 Å². The molecule has 1 unspecified atom stereocenters. The maximum atomic E-state index is 13.0. The Labute approximate surface area is 184 Å². The molecule has 0 aromatic heterocycles. The van der Waals surface area contributed by atoms with Crippen molar-refractivity contribution in [2.45, 2.75) is 17.7 Å². The molecule has 0 saturated carbocycles. The average molecular weight is 478 g/mol. The lowest BCUT2D eigenvalue weighted by Gasteiger charge is -2.31. The zero-order valence-electron chi connectivity index (χ0n) is 15.5. The van der Waals surface area contributed by atoms with Gasteiger partial charge in [0.15, 0.2) is 0 Å². The molecular weight excluding hydrogens is 459 g/mol. The van der Waals surface area contributed by atoms with Crippen LogP contribution in [0.3, 0.4) is 0 Å². The quantitative estimate of drug-likeness (QED) is 0.677. The van der Waals surface area contributed by atoms with E-state index in [1.165, 1.54) is 29.6 Å². The van der Waals surface area contributed by atoms with Crippen molar-refractivity contribution in [1.82, 2.24) is 4.31 Å². The van der Waals surface area contributed by atoms with Crippen LogP contribution in [0.1, 0.15) is 12.8 Å². The normalized spacial score (nSPS) is 17.7. The number of nitrogens with one attached hydrogen (secondary N) is 1. The summed E-state index contributed by atoms with van der Waals surface area (Å²) in [6.07, 6.45) is 1.11. The van der Waals surface area contributed by atoms with Gasteiger partial charge in [-0.1, -0.05) is 40.9 Å². The summed E-state index contributed by atoms with van der Waals surface area (Å²) in [4.78, 5) is 12.8. The van der Waals surface area contributed by atoms with E-state index in [-0.39, 0.29) is 22.4 Å². The summed E-state index contributed by atoms with van der Waals surface area (Å²) in [5, 5.41) is 3.56. The molecule has 2 aromatic carbocycles. The van der Waals surface area contributed by atoms with Gasteiger partial charge in [0, 0.05) is 13.1 Å². The Morgan fingerprint density at radius 3 is 2.45 bits per heavy atom. The molecule has 1 N–H and O–H groups in total. The predicted molar refractivity (Wildman–Crippen MR) is 115 cm³/mol. The Kier molecular flexibility index (Phi) is 6.96. The molecule has 1 aliphatic heterocycles. The summed E-state index contributed by atoms with van der Waals surface area (Å²) < 4.78 is 32.4. The van der Waals surface area contributed by atoms with Crippen LogP contribution < -0.4 is 10.1 Å².